The molecule has 38 heavy (non-hydrogen) atoms. The molecule has 0 bridgehead atoms. The van der Waals surface area contributed by atoms with Crippen molar-refractivity contribution in [3.63, 3.8) is 0 Å². The van der Waals surface area contributed by atoms with Gasteiger partial charge in [-0.1, -0.05) is 12.1 Å². The van der Waals surface area contributed by atoms with Gasteiger partial charge in [0.15, 0.2) is 0 Å². The molecule has 1 aromatic carbocycles. The van der Waals surface area contributed by atoms with Gasteiger partial charge in [-0.25, -0.2) is 18.4 Å². The van der Waals surface area contributed by atoms with Crippen LogP contribution in [0.15, 0.2) is 69.4 Å². The van der Waals surface area contributed by atoms with E-state index >= 15 is 0 Å². The van der Waals surface area contributed by atoms with E-state index in [0.717, 1.165) is 11.9 Å². The predicted molar refractivity (Wildman–Crippen MR) is 138 cm³/mol. The zero-order chi connectivity index (χ0) is 27.9. The van der Waals surface area contributed by atoms with E-state index in [9.17, 15) is 21.6 Å². The number of alkyl halides is 3. The van der Waals surface area contributed by atoms with Gasteiger partial charge in [0.25, 0.3) is 10.0 Å². The van der Waals surface area contributed by atoms with Crippen molar-refractivity contribution >= 4 is 23.1 Å². The van der Waals surface area contributed by atoms with Crippen LogP contribution in [0.2, 0.25) is 0 Å². The summed E-state index contributed by atoms with van der Waals surface area (Å²) in [5, 5.41) is 0. The quantitative estimate of drug-likeness (QED) is 0.343. The molecule has 1 heterocycles. The maximum atomic E-state index is 12.6. The van der Waals surface area contributed by atoms with Crippen LogP contribution in [-0.4, -0.2) is 64.0 Å². The Morgan fingerprint density at radius 1 is 1.24 bits per heavy atom. The summed E-state index contributed by atoms with van der Waals surface area (Å²) in [4.78, 5) is 13.4. The van der Waals surface area contributed by atoms with Gasteiger partial charge < -0.3 is 14.4 Å². The average Bonchev–Trinajstić information content (AvgIpc) is 2.86. The Balaban J connectivity index is 1.69. The lowest BCUT2D eigenvalue weighted by Crippen LogP contribution is -2.46. The van der Waals surface area contributed by atoms with Crippen molar-refractivity contribution in [1.82, 2.24) is 14.6 Å². The summed E-state index contributed by atoms with van der Waals surface area (Å²) < 4.78 is 75.8. The second kappa shape index (κ2) is 12.4. The first-order valence-corrected chi connectivity index (χ1v) is 13.2. The first kappa shape index (κ1) is 29.1. The third kappa shape index (κ3) is 8.02. The highest BCUT2D eigenvalue weighted by atomic mass is 32.2. The van der Waals surface area contributed by atoms with Gasteiger partial charge in [0, 0.05) is 12.1 Å². The number of hydrogen-bond donors (Lipinski definition) is 1. The molecule has 1 fully saturated rings. The fourth-order valence-corrected chi connectivity index (χ4v) is 5.28. The second-order valence-electron chi connectivity index (χ2n) is 8.86. The summed E-state index contributed by atoms with van der Waals surface area (Å²) in [5.74, 6) is 0.123. The number of aliphatic imine (C=N–C) groups is 2. The summed E-state index contributed by atoms with van der Waals surface area (Å²) in [6, 6.07) is 8.88. The fourth-order valence-electron chi connectivity index (χ4n) is 4.28. The largest absolute Gasteiger partial charge is 0.573 e. The van der Waals surface area contributed by atoms with Crippen LogP contribution in [0.3, 0.4) is 0 Å². The number of benzene rings is 1. The Labute approximate surface area is 220 Å². The molecule has 0 saturated heterocycles. The molecule has 1 aliphatic rings. The van der Waals surface area contributed by atoms with E-state index in [1.807, 2.05) is 19.0 Å². The minimum Gasteiger partial charge on any atom is -0.473 e. The Bertz CT molecular complexity index is 1260. The van der Waals surface area contributed by atoms with Crippen LogP contribution in [0.4, 0.5) is 13.2 Å². The fraction of sp³-hybridized carbons (Fsp3) is 0.400. The van der Waals surface area contributed by atoms with E-state index in [1.165, 1.54) is 36.5 Å². The van der Waals surface area contributed by atoms with Crippen molar-refractivity contribution < 1.29 is 31.1 Å². The lowest BCUT2D eigenvalue weighted by Gasteiger charge is -2.39. The van der Waals surface area contributed by atoms with E-state index in [0.29, 0.717) is 19.3 Å². The summed E-state index contributed by atoms with van der Waals surface area (Å²) in [6.45, 7) is 4.88. The molecule has 0 aliphatic heterocycles. The summed E-state index contributed by atoms with van der Waals surface area (Å²) in [6.07, 6.45) is 0.754. The van der Waals surface area contributed by atoms with Crippen LogP contribution in [0.25, 0.3) is 0 Å². The number of sulfonamides is 1. The van der Waals surface area contributed by atoms with Crippen LogP contribution < -0.4 is 14.2 Å². The number of pyridine rings is 1. The SMILES string of the molecule is C=N/C=N\C(=C/C)NS(=O)(=O)c1ccc(O[C@H]2CC[C@H](c3cccc(OC(F)(F)F)c3)C[C@@H]2N(C)C)nc1. The molecule has 3 rings (SSSR count). The highest BCUT2D eigenvalue weighted by Gasteiger charge is 2.35. The van der Waals surface area contributed by atoms with E-state index in [1.54, 1.807) is 19.1 Å². The van der Waals surface area contributed by atoms with E-state index in [4.69, 9.17) is 4.74 Å². The van der Waals surface area contributed by atoms with Crippen LogP contribution >= 0.6 is 0 Å². The van der Waals surface area contributed by atoms with Crippen molar-refractivity contribution in [2.24, 2.45) is 9.98 Å². The molecule has 0 unspecified atom stereocenters. The molecule has 0 amide bonds. The van der Waals surface area contributed by atoms with Crippen molar-refractivity contribution in [3.8, 4) is 11.6 Å². The number of likely N-dealkylation sites (N-methyl/N-ethyl adjacent to an activating group) is 1. The molecule has 0 spiro atoms. The van der Waals surface area contributed by atoms with Gasteiger partial charge in [0.1, 0.15) is 28.9 Å². The molecule has 9 nitrogen and oxygen atoms in total. The maximum Gasteiger partial charge on any atom is 0.573 e. The second-order valence-corrected chi connectivity index (χ2v) is 10.5. The zero-order valence-corrected chi connectivity index (χ0v) is 22.0. The number of rotatable bonds is 10. The van der Waals surface area contributed by atoms with Crippen molar-refractivity contribution in [2.75, 3.05) is 14.1 Å². The normalized spacial score (nSPS) is 20.9. The minimum absolute atomic E-state index is 0.0188. The van der Waals surface area contributed by atoms with Crippen molar-refractivity contribution in [2.45, 2.75) is 55.5 Å². The van der Waals surface area contributed by atoms with Crippen LogP contribution in [0.5, 0.6) is 11.6 Å². The lowest BCUT2D eigenvalue weighted by molar-refractivity contribution is -0.274. The van der Waals surface area contributed by atoms with Crippen LogP contribution in [0.1, 0.15) is 37.7 Å². The first-order valence-electron chi connectivity index (χ1n) is 11.7. The molecule has 1 saturated carbocycles. The number of nitrogens with one attached hydrogen (secondary N) is 1. The maximum absolute atomic E-state index is 12.6. The Kier molecular flexibility index (Phi) is 9.50. The minimum atomic E-state index is -4.75. The first-order chi connectivity index (χ1) is 17.9. The number of aromatic nitrogens is 1. The lowest BCUT2D eigenvalue weighted by atomic mass is 9.79. The predicted octanol–water partition coefficient (Wildman–Crippen LogP) is 4.49. The molecule has 1 N–H and O–H groups in total. The van der Waals surface area contributed by atoms with Gasteiger partial charge in [-0.3, -0.25) is 9.71 Å². The van der Waals surface area contributed by atoms with Gasteiger partial charge in [-0.2, -0.15) is 0 Å². The molecule has 2 aromatic rings. The van der Waals surface area contributed by atoms with Gasteiger partial charge in [0.05, 0.1) is 6.20 Å². The number of halogens is 3. The van der Waals surface area contributed by atoms with Gasteiger partial charge in [-0.05, 0) is 82.8 Å². The van der Waals surface area contributed by atoms with Crippen molar-refractivity contribution in [3.05, 3.63) is 60.1 Å². The van der Waals surface area contributed by atoms with Gasteiger partial charge in [-0.15, -0.1) is 13.2 Å². The zero-order valence-electron chi connectivity index (χ0n) is 21.2. The molecule has 1 aliphatic carbocycles. The summed E-state index contributed by atoms with van der Waals surface area (Å²) in [7, 11) is -0.115. The smallest absolute Gasteiger partial charge is 0.473 e. The van der Waals surface area contributed by atoms with Gasteiger partial charge in [0.2, 0.25) is 5.88 Å². The topological polar surface area (TPSA) is 105 Å². The molecular weight excluding hydrogens is 523 g/mol. The van der Waals surface area contributed by atoms with E-state index in [-0.39, 0.29) is 40.4 Å². The van der Waals surface area contributed by atoms with Crippen LogP contribution in [0, 0.1) is 0 Å². The summed E-state index contributed by atoms with van der Waals surface area (Å²) in [5.41, 5.74) is 0.769. The molecule has 1 aromatic heterocycles. The van der Waals surface area contributed by atoms with E-state index < -0.39 is 16.4 Å². The average molecular weight is 554 g/mol. The number of hydrogen-bond acceptors (Lipinski definition) is 7. The third-order valence-electron chi connectivity index (χ3n) is 6.06. The Morgan fingerprint density at radius 2 is 2.00 bits per heavy atom. The monoisotopic (exact) mass is 553 g/mol. The summed E-state index contributed by atoms with van der Waals surface area (Å²) >= 11 is 0. The van der Waals surface area contributed by atoms with Crippen molar-refractivity contribution in [1.29, 1.82) is 0 Å². The molecule has 206 valence electrons. The molecule has 0 radical (unpaired) electrons. The number of ether oxygens (including phenoxy) is 2. The Morgan fingerprint density at radius 3 is 2.61 bits per heavy atom. The molecule has 3 atom stereocenters. The Hall–Kier alpha value is -3.45. The highest BCUT2D eigenvalue weighted by Crippen LogP contribution is 2.38. The standard InChI is InChI=1S/C25H30F3N5O4S/c1-5-23(31-16-29-2)32-38(34,35)20-10-12-24(30-15-20)36-22-11-9-18(14-21(22)33(3)4)17-7-6-8-19(13-17)37-25(26,27)28/h5-8,10,12-13,15-16,18,21-22,32H,2,9,11,14H2,1,3-4H3/b23-5+,31-16-/t18-,21-,22-/m0/s1. The molecular formula is C25H30F3N5O4S. The molecule has 13 heteroatoms. The van der Waals surface area contributed by atoms with E-state index in [2.05, 4.69) is 31.1 Å². The van der Waals surface area contributed by atoms with Gasteiger partial charge >= 0.3 is 6.36 Å². The van der Waals surface area contributed by atoms with Crippen LogP contribution in [-0.2, 0) is 10.0 Å². The number of nitrogens with zero attached hydrogens (tertiary/aromatic N) is 4. The number of allylic oxidation sites excluding steroid dienone is 1. The third-order valence-corrected chi connectivity index (χ3v) is 7.40. The highest BCUT2D eigenvalue weighted by molar-refractivity contribution is 7.89.